The standard InChI is InChI=1S/C11H7BrN2OS/c12-10-4-3-9(16-10)11-14-7-2-1-6(13)5-8(7)15-11/h1-5H,13H2. The summed E-state index contributed by atoms with van der Waals surface area (Å²) in [6.45, 7) is 0. The van der Waals surface area contributed by atoms with Gasteiger partial charge in [0.15, 0.2) is 5.58 Å². The first-order valence-electron chi connectivity index (χ1n) is 4.64. The number of anilines is 1. The third kappa shape index (κ3) is 1.62. The van der Waals surface area contributed by atoms with Crippen molar-refractivity contribution in [2.24, 2.45) is 0 Å². The number of thiophene rings is 1. The Bertz CT molecular complexity index is 659. The summed E-state index contributed by atoms with van der Waals surface area (Å²) >= 11 is 5.00. The smallest absolute Gasteiger partial charge is 0.237 e. The van der Waals surface area contributed by atoms with Crippen LogP contribution in [0.1, 0.15) is 0 Å². The number of nitrogens with two attached hydrogens (primary N) is 1. The number of hydrogen-bond acceptors (Lipinski definition) is 4. The monoisotopic (exact) mass is 294 g/mol. The minimum absolute atomic E-state index is 0.635. The Balaban J connectivity index is 2.18. The second-order valence-electron chi connectivity index (χ2n) is 3.35. The highest BCUT2D eigenvalue weighted by Gasteiger charge is 2.10. The Labute approximate surface area is 104 Å². The van der Waals surface area contributed by atoms with E-state index in [9.17, 15) is 0 Å². The van der Waals surface area contributed by atoms with E-state index in [-0.39, 0.29) is 0 Å². The van der Waals surface area contributed by atoms with Crippen molar-refractivity contribution in [3.63, 3.8) is 0 Å². The number of hydrogen-bond donors (Lipinski definition) is 1. The quantitative estimate of drug-likeness (QED) is 0.693. The van der Waals surface area contributed by atoms with Crippen LogP contribution in [0.2, 0.25) is 0 Å². The van der Waals surface area contributed by atoms with Gasteiger partial charge in [0.05, 0.1) is 8.66 Å². The Hall–Kier alpha value is -1.33. The number of rotatable bonds is 1. The molecule has 0 amide bonds. The molecule has 0 bridgehead atoms. The molecular formula is C11H7BrN2OS. The van der Waals surface area contributed by atoms with Crippen LogP contribution in [0.15, 0.2) is 38.5 Å². The van der Waals surface area contributed by atoms with Crippen LogP contribution < -0.4 is 5.73 Å². The number of oxazole rings is 1. The largest absolute Gasteiger partial charge is 0.435 e. The van der Waals surface area contributed by atoms with Crippen LogP contribution in [-0.2, 0) is 0 Å². The third-order valence-corrected chi connectivity index (χ3v) is 3.81. The zero-order valence-electron chi connectivity index (χ0n) is 8.11. The molecule has 0 aliphatic rings. The number of nitrogens with zero attached hydrogens (tertiary/aromatic N) is 1. The summed E-state index contributed by atoms with van der Waals surface area (Å²) < 4.78 is 6.71. The minimum Gasteiger partial charge on any atom is -0.435 e. The van der Waals surface area contributed by atoms with Crippen LogP contribution in [0.25, 0.3) is 21.9 Å². The van der Waals surface area contributed by atoms with E-state index >= 15 is 0 Å². The van der Waals surface area contributed by atoms with Crippen molar-refractivity contribution in [3.05, 3.63) is 34.1 Å². The highest BCUT2D eigenvalue weighted by atomic mass is 79.9. The Kier molecular flexibility index (Phi) is 2.22. The summed E-state index contributed by atoms with van der Waals surface area (Å²) in [5.41, 5.74) is 7.92. The zero-order chi connectivity index (χ0) is 11.1. The molecule has 3 nitrogen and oxygen atoms in total. The highest BCUT2D eigenvalue weighted by molar-refractivity contribution is 9.11. The van der Waals surface area contributed by atoms with Crippen LogP contribution in [0.4, 0.5) is 5.69 Å². The van der Waals surface area contributed by atoms with E-state index in [4.69, 9.17) is 10.2 Å². The first-order valence-corrected chi connectivity index (χ1v) is 6.25. The van der Waals surface area contributed by atoms with Crippen molar-refractivity contribution in [1.82, 2.24) is 4.98 Å². The van der Waals surface area contributed by atoms with Gasteiger partial charge in [-0.25, -0.2) is 4.98 Å². The second kappa shape index (κ2) is 3.61. The Morgan fingerprint density at radius 2 is 2.12 bits per heavy atom. The molecule has 0 spiro atoms. The Morgan fingerprint density at radius 3 is 2.88 bits per heavy atom. The second-order valence-corrected chi connectivity index (χ2v) is 5.81. The summed E-state index contributed by atoms with van der Waals surface area (Å²) in [6, 6.07) is 9.42. The molecule has 0 aliphatic heterocycles. The van der Waals surface area contributed by atoms with Crippen molar-refractivity contribution in [2.45, 2.75) is 0 Å². The van der Waals surface area contributed by atoms with Gasteiger partial charge >= 0.3 is 0 Å². The molecule has 3 aromatic rings. The van der Waals surface area contributed by atoms with E-state index in [0.29, 0.717) is 11.6 Å². The molecule has 0 unspecified atom stereocenters. The fraction of sp³-hybridized carbons (Fsp3) is 0. The first kappa shape index (κ1) is 9.86. The van der Waals surface area contributed by atoms with E-state index in [0.717, 1.165) is 19.8 Å². The van der Waals surface area contributed by atoms with Crippen molar-refractivity contribution in [3.8, 4) is 10.8 Å². The molecule has 3 rings (SSSR count). The summed E-state index contributed by atoms with van der Waals surface area (Å²) in [4.78, 5) is 5.41. The van der Waals surface area contributed by atoms with Crippen molar-refractivity contribution < 1.29 is 4.42 Å². The summed E-state index contributed by atoms with van der Waals surface area (Å²) in [5, 5.41) is 0. The molecule has 0 atom stereocenters. The van der Waals surface area contributed by atoms with E-state index in [2.05, 4.69) is 20.9 Å². The maximum absolute atomic E-state index is 5.68. The lowest BCUT2D eigenvalue weighted by molar-refractivity contribution is 0.622. The highest BCUT2D eigenvalue weighted by Crippen LogP contribution is 2.32. The summed E-state index contributed by atoms with van der Waals surface area (Å²) in [7, 11) is 0. The lowest BCUT2D eigenvalue weighted by atomic mass is 10.3. The predicted molar refractivity (Wildman–Crippen MR) is 69.4 cm³/mol. The molecule has 0 fully saturated rings. The van der Waals surface area contributed by atoms with E-state index in [1.807, 2.05) is 24.3 Å². The average molecular weight is 295 g/mol. The predicted octanol–water partition coefficient (Wildman–Crippen LogP) is 3.90. The van der Waals surface area contributed by atoms with Gasteiger partial charge in [-0.3, -0.25) is 0 Å². The van der Waals surface area contributed by atoms with Crippen LogP contribution in [0.3, 0.4) is 0 Å². The van der Waals surface area contributed by atoms with Crippen molar-refractivity contribution in [2.75, 3.05) is 5.73 Å². The third-order valence-electron chi connectivity index (χ3n) is 2.20. The molecule has 1 aromatic carbocycles. The van der Waals surface area contributed by atoms with Crippen LogP contribution in [0.5, 0.6) is 0 Å². The first-order chi connectivity index (χ1) is 7.72. The van der Waals surface area contributed by atoms with E-state index < -0.39 is 0 Å². The van der Waals surface area contributed by atoms with Gasteiger partial charge in [-0.2, -0.15) is 0 Å². The topological polar surface area (TPSA) is 52.0 Å². The van der Waals surface area contributed by atoms with Gasteiger partial charge in [-0.1, -0.05) is 0 Å². The lowest BCUT2D eigenvalue weighted by Crippen LogP contribution is -1.81. The van der Waals surface area contributed by atoms with Crippen LogP contribution in [-0.4, -0.2) is 4.98 Å². The SMILES string of the molecule is Nc1ccc2nc(-c3ccc(Br)s3)oc2c1. The molecule has 80 valence electrons. The average Bonchev–Trinajstić information content (AvgIpc) is 2.83. The zero-order valence-corrected chi connectivity index (χ0v) is 10.5. The molecule has 0 saturated heterocycles. The maximum Gasteiger partial charge on any atom is 0.237 e. The molecule has 0 radical (unpaired) electrons. The number of halogens is 1. The number of fused-ring (bicyclic) bond motifs is 1. The molecule has 2 heterocycles. The van der Waals surface area contributed by atoms with E-state index in [1.54, 1.807) is 17.4 Å². The number of aromatic nitrogens is 1. The number of nitrogen functional groups attached to an aromatic ring is 1. The molecule has 0 saturated carbocycles. The number of benzene rings is 1. The van der Waals surface area contributed by atoms with E-state index in [1.165, 1.54) is 0 Å². The van der Waals surface area contributed by atoms with Crippen LogP contribution in [0, 0.1) is 0 Å². The van der Waals surface area contributed by atoms with Gasteiger partial charge in [0.2, 0.25) is 5.89 Å². The molecule has 16 heavy (non-hydrogen) atoms. The molecular weight excluding hydrogens is 288 g/mol. The van der Waals surface area contributed by atoms with Gasteiger partial charge in [0.25, 0.3) is 0 Å². The Morgan fingerprint density at radius 1 is 1.25 bits per heavy atom. The maximum atomic E-state index is 5.68. The lowest BCUT2D eigenvalue weighted by Gasteiger charge is -1.88. The van der Waals surface area contributed by atoms with Crippen molar-refractivity contribution >= 4 is 44.1 Å². The van der Waals surface area contributed by atoms with Crippen LogP contribution >= 0.6 is 27.3 Å². The fourth-order valence-electron chi connectivity index (χ4n) is 1.48. The summed E-state index contributed by atoms with van der Waals surface area (Å²) in [6.07, 6.45) is 0. The van der Waals surface area contributed by atoms with Gasteiger partial charge in [0, 0.05) is 11.8 Å². The molecule has 5 heteroatoms. The van der Waals surface area contributed by atoms with Gasteiger partial charge in [-0.05, 0) is 40.2 Å². The normalized spacial score (nSPS) is 11.1. The molecule has 0 aliphatic carbocycles. The molecule has 2 aromatic heterocycles. The molecule has 2 N–H and O–H groups in total. The van der Waals surface area contributed by atoms with Gasteiger partial charge in [0.1, 0.15) is 5.52 Å². The van der Waals surface area contributed by atoms with Gasteiger partial charge in [-0.15, -0.1) is 11.3 Å². The summed E-state index contributed by atoms with van der Waals surface area (Å²) in [5.74, 6) is 0.635. The minimum atomic E-state index is 0.635. The van der Waals surface area contributed by atoms with Crippen molar-refractivity contribution in [1.29, 1.82) is 0 Å². The van der Waals surface area contributed by atoms with Gasteiger partial charge < -0.3 is 10.2 Å². The fourth-order valence-corrected chi connectivity index (χ4v) is 2.79.